The number of hydrogen-bond donors (Lipinski definition) is 2. The molecule has 4 nitrogen and oxygen atoms in total. The van der Waals surface area contributed by atoms with Crippen LogP contribution in [0.1, 0.15) is 15.9 Å². The highest BCUT2D eigenvalue weighted by atomic mass is 35.5. The fourth-order valence-corrected chi connectivity index (χ4v) is 2.02. The van der Waals surface area contributed by atoms with Gasteiger partial charge in [-0.1, -0.05) is 23.7 Å². The van der Waals surface area contributed by atoms with Gasteiger partial charge in [-0.05, 0) is 29.8 Å². The average molecular weight is 291 g/mol. The Kier molecular flexibility index (Phi) is 4.48. The second-order valence-corrected chi connectivity index (χ2v) is 4.82. The monoisotopic (exact) mass is 290 g/mol. The maximum atomic E-state index is 10.9. The van der Waals surface area contributed by atoms with Crippen LogP contribution in [0.15, 0.2) is 42.5 Å². The molecule has 2 rings (SSSR count). The Morgan fingerprint density at radius 3 is 2.45 bits per heavy atom. The van der Waals surface area contributed by atoms with E-state index in [4.69, 9.17) is 27.8 Å². The molecule has 20 heavy (non-hydrogen) atoms. The lowest BCUT2D eigenvalue weighted by Gasteiger charge is -2.08. The minimum Gasteiger partial charge on any atom is -0.493 e. The number of nitrogens with two attached hydrogens (primary N) is 2. The van der Waals surface area contributed by atoms with Gasteiger partial charge in [-0.3, -0.25) is 4.79 Å². The first kappa shape index (κ1) is 14.2. The van der Waals surface area contributed by atoms with Crippen molar-refractivity contribution < 1.29 is 9.53 Å². The lowest BCUT2D eigenvalue weighted by Crippen LogP contribution is -2.10. The van der Waals surface area contributed by atoms with Crippen LogP contribution in [0.25, 0.3) is 0 Å². The van der Waals surface area contributed by atoms with Crippen molar-refractivity contribution in [1.29, 1.82) is 0 Å². The molecule has 2 aromatic rings. The second-order valence-electron chi connectivity index (χ2n) is 4.38. The zero-order valence-corrected chi connectivity index (χ0v) is 11.6. The quantitative estimate of drug-likeness (QED) is 0.831. The molecule has 0 radical (unpaired) electrons. The SMILES string of the molecule is NC(=O)c1ccc(CCOc2cc(N)cc(Cl)c2)cc1. The van der Waals surface area contributed by atoms with Crippen molar-refractivity contribution in [3.63, 3.8) is 0 Å². The molecule has 0 heterocycles. The number of ether oxygens (including phenoxy) is 1. The van der Waals surface area contributed by atoms with Crippen LogP contribution in [0.2, 0.25) is 5.02 Å². The second kappa shape index (κ2) is 6.30. The molecule has 0 atom stereocenters. The van der Waals surface area contributed by atoms with Crippen molar-refractivity contribution >= 4 is 23.2 Å². The van der Waals surface area contributed by atoms with Crippen molar-refractivity contribution in [2.75, 3.05) is 12.3 Å². The number of nitrogen functional groups attached to an aromatic ring is 1. The minimum absolute atomic E-state index is 0.429. The first-order valence-corrected chi connectivity index (χ1v) is 6.50. The highest BCUT2D eigenvalue weighted by molar-refractivity contribution is 6.31. The van der Waals surface area contributed by atoms with E-state index in [1.54, 1.807) is 30.3 Å². The molecule has 0 saturated heterocycles. The van der Waals surface area contributed by atoms with Crippen LogP contribution >= 0.6 is 11.6 Å². The van der Waals surface area contributed by atoms with Crippen LogP contribution < -0.4 is 16.2 Å². The summed E-state index contributed by atoms with van der Waals surface area (Å²) in [5.41, 5.74) is 13.0. The average Bonchev–Trinajstić information content (AvgIpc) is 2.38. The lowest BCUT2D eigenvalue weighted by atomic mass is 10.1. The Morgan fingerprint density at radius 2 is 1.85 bits per heavy atom. The Balaban J connectivity index is 1.90. The number of carbonyl (C=O) groups excluding carboxylic acids is 1. The molecule has 1 amide bonds. The van der Waals surface area contributed by atoms with Gasteiger partial charge < -0.3 is 16.2 Å². The third-order valence-electron chi connectivity index (χ3n) is 2.79. The molecule has 104 valence electrons. The number of halogens is 1. The van der Waals surface area contributed by atoms with Crippen LogP contribution in [0, 0.1) is 0 Å². The molecule has 0 aliphatic rings. The van der Waals surface area contributed by atoms with Crippen LogP contribution in [-0.2, 0) is 6.42 Å². The van der Waals surface area contributed by atoms with E-state index in [0.29, 0.717) is 35.1 Å². The summed E-state index contributed by atoms with van der Waals surface area (Å²) < 4.78 is 5.59. The van der Waals surface area contributed by atoms with Gasteiger partial charge in [0.25, 0.3) is 0 Å². The largest absolute Gasteiger partial charge is 0.493 e. The fraction of sp³-hybridized carbons (Fsp3) is 0.133. The number of benzene rings is 2. The highest BCUT2D eigenvalue weighted by Crippen LogP contribution is 2.22. The standard InChI is InChI=1S/C15H15ClN2O2/c16-12-7-13(17)9-14(8-12)20-6-5-10-1-3-11(4-2-10)15(18)19/h1-4,7-9H,5-6,17H2,(H2,18,19). The number of carbonyl (C=O) groups is 1. The first-order valence-electron chi connectivity index (χ1n) is 6.12. The van der Waals surface area contributed by atoms with Gasteiger partial charge in [0, 0.05) is 28.8 Å². The Bertz CT molecular complexity index is 592. The topological polar surface area (TPSA) is 78.3 Å². The highest BCUT2D eigenvalue weighted by Gasteiger charge is 2.01. The summed E-state index contributed by atoms with van der Waals surface area (Å²) in [5.74, 6) is 0.214. The zero-order chi connectivity index (χ0) is 14.5. The molecule has 0 unspecified atom stereocenters. The van der Waals surface area contributed by atoms with Gasteiger partial charge >= 0.3 is 0 Å². The zero-order valence-electron chi connectivity index (χ0n) is 10.8. The third-order valence-corrected chi connectivity index (χ3v) is 3.01. The predicted octanol–water partition coefficient (Wildman–Crippen LogP) is 2.64. The van der Waals surface area contributed by atoms with Gasteiger partial charge in [0.2, 0.25) is 5.91 Å². The van der Waals surface area contributed by atoms with Crippen molar-refractivity contribution in [2.24, 2.45) is 5.73 Å². The van der Waals surface area contributed by atoms with E-state index in [1.165, 1.54) is 0 Å². The molecule has 0 bridgehead atoms. The molecule has 4 N–H and O–H groups in total. The summed E-state index contributed by atoms with van der Waals surface area (Å²) in [5, 5.41) is 0.547. The van der Waals surface area contributed by atoms with Gasteiger partial charge in [-0.15, -0.1) is 0 Å². The summed E-state index contributed by atoms with van der Waals surface area (Å²) in [7, 11) is 0. The van der Waals surface area contributed by atoms with Gasteiger partial charge in [0.1, 0.15) is 5.75 Å². The molecule has 0 aromatic heterocycles. The minimum atomic E-state index is -0.429. The van der Waals surface area contributed by atoms with Gasteiger partial charge in [0.15, 0.2) is 0 Å². The van der Waals surface area contributed by atoms with Gasteiger partial charge in [-0.25, -0.2) is 0 Å². The van der Waals surface area contributed by atoms with E-state index >= 15 is 0 Å². The molecular formula is C15H15ClN2O2. The molecule has 0 spiro atoms. The summed E-state index contributed by atoms with van der Waals surface area (Å²) in [6, 6.07) is 12.2. The number of amides is 1. The number of hydrogen-bond acceptors (Lipinski definition) is 3. The van der Waals surface area contributed by atoms with Crippen molar-refractivity contribution in [1.82, 2.24) is 0 Å². The fourth-order valence-electron chi connectivity index (χ4n) is 1.79. The maximum Gasteiger partial charge on any atom is 0.248 e. The number of anilines is 1. The summed E-state index contributed by atoms with van der Waals surface area (Å²) in [4.78, 5) is 10.9. The molecule has 5 heteroatoms. The van der Waals surface area contributed by atoms with Gasteiger partial charge in [0.05, 0.1) is 6.61 Å². The summed E-state index contributed by atoms with van der Waals surface area (Å²) >= 11 is 5.89. The van der Waals surface area contributed by atoms with Crippen molar-refractivity contribution in [3.8, 4) is 5.75 Å². The summed E-state index contributed by atoms with van der Waals surface area (Å²) in [6.07, 6.45) is 0.714. The normalized spacial score (nSPS) is 10.2. The van der Waals surface area contributed by atoms with Crippen molar-refractivity contribution in [2.45, 2.75) is 6.42 Å². The van der Waals surface area contributed by atoms with E-state index in [1.807, 2.05) is 12.1 Å². The van der Waals surface area contributed by atoms with Crippen LogP contribution in [0.5, 0.6) is 5.75 Å². The van der Waals surface area contributed by atoms with Crippen LogP contribution in [0.4, 0.5) is 5.69 Å². The third kappa shape index (κ3) is 3.90. The van der Waals surface area contributed by atoms with E-state index < -0.39 is 5.91 Å². The van der Waals surface area contributed by atoms with E-state index in [9.17, 15) is 4.79 Å². The van der Waals surface area contributed by atoms with E-state index in [0.717, 1.165) is 5.56 Å². The Hall–Kier alpha value is -2.20. The van der Waals surface area contributed by atoms with Crippen molar-refractivity contribution in [3.05, 3.63) is 58.6 Å². The Labute approximate surface area is 122 Å². The summed E-state index contributed by atoms with van der Waals surface area (Å²) in [6.45, 7) is 0.496. The van der Waals surface area contributed by atoms with E-state index in [2.05, 4.69) is 0 Å². The number of rotatable bonds is 5. The van der Waals surface area contributed by atoms with Crippen LogP contribution in [0.3, 0.4) is 0 Å². The number of primary amides is 1. The molecule has 0 fully saturated rings. The van der Waals surface area contributed by atoms with E-state index in [-0.39, 0.29) is 0 Å². The van der Waals surface area contributed by atoms with Gasteiger partial charge in [-0.2, -0.15) is 0 Å². The first-order chi connectivity index (χ1) is 9.54. The van der Waals surface area contributed by atoms with Crippen LogP contribution in [-0.4, -0.2) is 12.5 Å². The molecule has 0 aliphatic carbocycles. The predicted molar refractivity (Wildman–Crippen MR) is 80.0 cm³/mol. The molecular weight excluding hydrogens is 276 g/mol. The molecule has 0 aliphatic heterocycles. The maximum absolute atomic E-state index is 10.9. The molecule has 2 aromatic carbocycles. The smallest absolute Gasteiger partial charge is 0.248 e. The Morgan fingerprint density at radius 1 is 1.15 bits per heavy atom. The molecule has 0 saturated carbocycles. The lowest BCUT2D eigenvalue weighted by molar-refractivity contribution is 0.100.